The molecule has 0 bridgehead atoms. The maximum Gasteiger partial charge on any atom is 0.261 e. The summed E-state index contributed by atoms with van der Waals surface area (Å²) in [7, 11) is -7.01. The molecule has 6 aliphatic rings. The Hall–Kier alpha value is -3.46. The molecule has 8 rings (SSSR count). The number of aryl methyl sites for hydroxylation is 1. The van der Waals surface area contributed by atoms with Crippen molar-refractivity contribution in [2.45, 2.75) is 307 Å². The summed E-state index contributed by atoms with van der Waals surface area (Å²) in [6.07, 6.45) is 12.4. The normalized spacial score (nSPS) is 31.1. The van der Waals surface area contributed by atoms with Crippen LogP contribution in [-0.4, -0.2) is 133 Å². The van der Waals surface area contributed by atoms with Crippen LogP contribution in [-0.2, 0) is 48.2 Å². The molecular weight excluding hydrogens is 1190 g/mol. The summed E-state index contributed by atoms with van der Waals surface area (Å²) >= 11 is 0. The number of Topliss-reactive ketones (excluding diaryl/α,β-unsaturated/α-hetero) is 1. The summed E-state index contributed by atoms with van der Waals surface area (Å²) in [6, 6.07) is 17.9. The lowest BCUT2D eigenvalue weighted by molar-refractivity contribution is -0.251. The lowest BCUT2D eigenvalue weighted by Gasteiger charge is -2.54. The van der Waals surface area contributed by atoms with E-state index in [-0.39, 0.29) is 136 Å². The second kappa shape index (κ2) is 29.5. The van der Waals surface area contributed by atoms with Crippen LogP contribution in [0.5, 0.6) is 0 Å². The van der Waals surface area contributed by atoms with Crippen LogP contribution in [0.1, 0.15) is 193 Å². The van der Waals surface area contributed by atoms with Gasteiger partial charge < -0.3 is 37.0 Å². The molecule has 15 heteroatoms. The topological polar surface area (TPSA) is 128 Å². The van der Waals surface area contributed by atoms with E-state index in [0.717, 1.165) is 80.9 Å². The molecule has 5 unspecified atom stereocenters. The van der Waals surface area contributed by atoms with Gasteiger partial charge >= 0.3 is 0 Å². The molecule has 0 aromatic heterocycles. The van der Waals surface area contributed by atoms with E-state index in [1.165, 1.54) is 10.5 Å². The van der Waals surface area contributed by atoms with E-state index in [9.17, 15) is 14.4 Å². The van der Waals surface area contributed by atoms with Crippen molar-refractivity contribution in [2.24, 2.45) is 23.7 Å². The van der Waals surface area contributed by atoms with Crippen molar-refractivity contribution in [3.63, 3.8) is 0 Å². The number of allylic oxidation sites excluding steroid dienone is 2. The molecule has 17 atom stereocenters. The number of ketones is 1. The molecule has 6 heterocycles. The summed E-state index contributed by atoms with van der Waals surface area (Å²) in [5.74, 6) is 0.361. The van der Waals surface area contributed by atoms with Gasteiger partial charge in [0, 0.05) is 25.2 Å². The van der Waals surface area contributed by atoms with E-state index >= 15 is 0 Å². The van der Waals surface area contributed by atoms with Crippen molar-refractivity contribution in [3.05, 3.63) is 120 Å². The van der Waals surface area contributed by atoms with Crippen molar-refractivity contribution < 1.29 is 51.3 Å². The highest BCUT2D eigenvalue weighted by Crippen LogP contribution is 2.48. The number of amides is 2. The smallest absolute Gasteiger partial charge is 0.261 e. The zero-order chi connectivity index (χ0) is 66.9. The van der Waals surface area contributed by atoms with Gasteiger partial charge in [-0.15, -0.1) is 0 Å². The number of hydrogen-bond acceptors (Lipinski definition) is 11. The first kappa shape index (κ1) is 73.4. The molecule has 6 aliphatic heterocycles. The average molecular weight is 1310 g/mol. The first-order chi connectivity index (χ1) is 42.3. The molecule has 12 nitrogen and oxygen atoms in total. The van der Waals surface area contributed by atoms with Crippen molar-refractivity contribution in [1.29, 1.82) is 0 Å². The molecule has 0 N–H and O–H groups in total. The number of benzene rings is 2. The van der Waals surface area contributed by atoms with Gasteiger partial charge in [-0.2, -0.15) is 0 Å². The van der Waals surface area contributed by atoms with E-state index in [1.807, 2.05) is 12.1 Å². The Kier molecular flexibility index (Phi) is 23.8. The Morgan fingerprint density at radius 2 is 1.30 bits per heavy atom. The number of rotatable bonds is 26. The lowest BCUT2D eigenvalue weighted by Crippen LogP contribution is -2.64. The number of fused-ring (bicyclic) bond motifs is 2. The molecule has 0 radical (unpaired) electrons. The summed E-state index contributed by atoms with van der Waals surface area (Å²) in [6.45, 7) is 56.7. The highest BCUT2D eigenvalue weighted by atomic mass is 28.4. The predicted molar refractivity (Wildman–Crippen MR) is 375 cm³/mol. The Bertz CT molecular complexity index is 2870. The van der Waals surface area contributed by atoms with Crippen LogP contribution in [0.4, 0.5) is 0 Å². The lowest BCUT2D eigenvalue weighted by atomic mass is 9.79. The van der Waals surface area contributed by atoms with E-state index in [1.54, 1.807) is 19.1 Å². The number of ether oxygens (including phenoxy) is 5. The molecule has 0 saturated carbocycles. The second-order valence-electron chi connectivity index (χ2n) is 33.1. The van der Waals surface area contributed by atoms with Crippen molar-refractivity contribution in [1.82, 2.24) is 4.90 Å². The number of carbonyl (C=O) groups excluding carboxylic acids is 3. The van der Waals surface area contributed by atoms with Crippen LogP contribution >= 0.6 is 0 Å². The van der Waals surface area contributed by atoms with Crippen LogP contribution in [0.25, 0.3) is 0 Å². The quantitative estimate of drug-likeness (QED) is 0.0386. The Morgan fingerprint density at radius 1 is 0.692 bits per heavy atom. The highest BCUT2D eigenvalue weighted by molar-refractivity contribution is 6.75. The minimum Gasteiger partial charge on any atom is -0.412 e. The predicted octanol–water partition coefficient (Wildman–Crippen LogP) is 17.6. The van der Waals surface area contributed by atoms with Crippen molar-refractivity contribution in [3.8, 4) is 0 Å². The first-order valence-electron chi connectivity index (χ1n) is 34.9. The maximum atomic E-state index is 13.8. The van der Waals surface area contributed by atoms with Gasteiger partial charge in [0.2, 0.25) is 0 Å². The fourth-order valence-electron chi connectivity index (χ4n) is 14.1. The summed E-state index contributed by atoms with van der Waals surface area (Å²) in [4.78, 5) is 41.4. The third-order valence-corrected chi connectivity index (χ3v) is 36.5. The molecular formula is C76H119NO11Si3. The highest BCUT2D eigenvalue weighted by Gasteiger charge is 2.55. The Balaban J connectivity index is 0.912. The number of nitrogens with zero attached hydrogens (tertiary/aromatic N) is 1. The van der Waals surface area contributed by atoms with Gasteiger partial charge in [0.05, 0.1) is 90.9 Å². The summed E-state index contributed by atoms with van der Waals surface area (Å²) in [5.41, 5.74) is 5.51. The third kappa shape index (κ3) is 17.8. The molecule has 2 aromatic rings. The summed E-state index contributed by atoms with van der Waals surface area (Å²) in [5, 5.41) is -0.145. The second-order valence-corrected chi connectivity index (χ2v) is 47.4. The zero-order valence-electron chi connectivity index (χ0n) is 59.6. The largest absolute Gasteiger partial charge is 0.412 e. The van der Waals surface area contributed by atoms with E-state index in [2.05, 4.69) is 185 Å². The minimum atomic E-state index is -2.36. The van der Waals surface area contributed by atoms with Gasteiger partial charge in [-0.05, 0) is 172 Å². The molecule has 91 heavy (non-hydrogen) atoms. The minimum absolute atomic E-state index is 0.0195. The zero-order valence-corrected chi connectivity index (χ0v) is 62.6. The van der Waals surface area contributed by atoms with Crippen LogP contribution in [0.3, 0.4) is 0 Å². The molecule has 5 fully saturated rings. The van der Waals surface area contributed by atoms with E-state index in [0.29, 0.717) is 30.4 Å². The van der Waals surface area contributed by atoms with Crippen LogP contribution in [0.15, 0.2) is 103 Å². The Morgan fingerprint density at radius 3 is 1.91 bits per heavy atom. The average Bonchev–Trinajstić information content (AvgIpc) is 1.14. The van der Waals surface area contributed by atoms with Gasteiger partial charge in [0.25, 0.3) is 11.8 Å². The van der Waals surface area contributed by atoms with Crippen LogP contribution in [0, 0.1) is 23.7 Å². The molecule has 0 aliphatic carbocycles. The first-order valence-corrected chi connectivity index (χ1v) is 43.6. The SMILES string of the molecule is C=C(/C=C/[C@H](O[Si](C)(C)C(C)(C)C)C1O[C@H]2CCC(CC(C)=O)O[C@@H]2[C@H](C)[C@@H]1O[Si](C)(C)C(C)(C)C)CC[C@H]1CC(=C)C(CC[C@H]2C[C@@H](C)C(=C)[C@@H](C[C@@H]3OC(C[C@@H](CN4C(=O)c5ccccc5C4=O)O[Si](C)(C)C(C)(C)C)[C@H](C)C3CCc3ccccc3)O2)O1. The van der Waals surface area contributed by atoms with Gasteiger partial charge in [-0.25, -0.2) is 0 Å². The van der Waals surface area contributed by atoms with Gasteiger partial charge in [-0.1, -0.05) is 163 Å². The number of hydrogen-bond donors (Lipinski definition) is 0. The maximum absolute atomic E-state index is 13.8. The molecule has 2 aromatic carbocycles. The van der Waals surface area contributed by atoms with E-state index in [4.69, 9.17) is 37.0 Å². The third-order valence-electron chi connectivity index (χ3n) is 23.0. The fraction of sp³-hybridized carbons (Fsp3) is 0.697. The van der Waals surface area contributed by atoms with Crippen molar-refractivity contribution >= 4 is 42.5 Å². The monoisotopic (exact) mass is 1310 g/mol. The van der Waals surface area contributed by atoms with Gasteiger partial charge in [0.15, 0.2) is 25.0 Å². The number of imide groups is 1. The molecule has 2 amide bonds. The molecule has 5 saturated heterocycles. The van der Waals surface area contributed by atoms with E-state index < -0.39 is 31.1 Å². The summed E-state index contributed by atoms with van der Waals surface area (Å²) < 4.78 is 57.4. The standard InChI is InChI=1S/C76H119NO11Si3/c1-48(33-39-65(87-90(19,20)75(11,12)13)71-70(88-91(21,22)76(14,15)16)54(7)69-64(85-71)41-37-58(83-69)44-51(4)78)32-35-56-43-50(3)63(81-56)40-36-57-42-49(2)52(5)67(82-57)46-68-60(38-34-55-28-24-23-25-29-55)53(6)66(84-68)45-59(86-89(17,18)74(8,9)10)47-77-72(79)61-30-26-27-31-62(61)73(77)80/h23-31,33,39,49,53-54,56-60,63-71H,1,3,5,32,34-38,40-47H2,2,4,6-22H3/b39-33+/t49-,53-,54+,56+,57+,58?,59+,60?,63?,64+,65+,66?,67-,68+,69-,70+,71?/m1/s1. The van der Waals surface area contributed by atoms with Crippen LogP contribution in [0.2, 0.25) is 54.4 Å². The Labute approximate surface area is 553 Å². The van der Waals surface area contributed by atoms with Gasteiger partial charge in [-0.3, -0.25) is 19.3 Å². The molecule has 506 valence electrons. The number of carbonyl (C=O) groups is 3. The van der Waals surface area contributed by atoms with Crippen molar-refractivity contribution in [2.75, 3.05) is 6.54 Å². The van der Waals surface area contributed by atoms with Crippen LogP contribution < -0.4 is 0 Å². The fourth-order valence-corrected chi connectivity index (χ4v) is 18.1. The molecule has 0 spiro atoms. The van der Waals surface area contributed by atoms with Gasteiger partial charge in [0.1, 0.15) is 11.9 Å².